The van der Waals surface area contributed by atoms with Crippen molar-refractivity contribution in [2.24, 2.45) is 17.8 Å². The highest BCUT2D eigenvalue weighted by Crippen LogP contribution is 2.39. The van der Waals surface area contributed by atoms with Gasteiger partial charge in [-0.25, -0.2) is 4.98 Å². The summed E-state index contributed by atoms with van der Waals surface area (Å²) < 4.78 is 10.5. The van der Waals surface area contributed by atoms with E-state index in [4.69, 9.17) is 9.72 Å². The van der Waals surface area contributed by atoms with E-state index in [-0.39, 0.29) is 24.4 Å². The average Bonchev–Trinajstić information content (AvgIpc) is 3.77. The minimum Gasteiger partial charge on any atom is -0.461 e. The second kappa shape index (κ2) is 10.9. The molecule has 1 aliphatic rings. The van der Waals surface area contributed by atoms with Crippen molar-refractivity contribution in [3.05, 3.63) is 140 Å². The van der Waals surface area contributed by atoms with Crippen LogP contribution in [0.1, 0.15) is 18.4 Å². The van der Waals surface area contributed by atoms with E-state index in [1.165, 1.54) is 21.5 Å². The normalized spacial score (nSPS) is 18.2. The average molecular weight is 588 g/mol. The van der Waals surface area contributed by atoms with Crippen molar-refractivity contribution in [3.8, 4) is 11.6 Å². The Balaban J connectivity index is 1.30. The molecule has 5 nitrogen and oxygen atoms in total. The first kappa shape index (κ1) is 27.2. The molecule has 8 rings (SSSR count). The van der Waals surface area contributed by atoms with Crippen LogP contribution in [0, 0.1) is 17.8 Å². The number of pyridine rings is 1. The first-order chi connectivity index (χ1) is 22.1. The van der Waals surface area contributed by atoms with Crippen LogP contribution in [0.15, 0.2) is 135 Å². The first-order valence-electron chi connectivity index (χ1n) is 15.5. The number of carbonyl (C=O) groups is 1. The molecule has 1 aliphatic carbocycles. The molecule has 1 saturated carbocycles. The van der Waals surface area contributed by atoms with E-state index in [9.17, 15) is 4.79 Å². The summed E-state index contributed by atoms with van der Waals surface area (Å²) in [5.74, 6) is 1.55. The molecule has 7 aromatic rings. The lowest BCUT2D eigenvalue weighted by Gasteiger charge is -2.17. The quantitative estimate of drug-likeness (QED) is 0.138. The SMILES string of the molecule is C=CC1CC(C=C)C(C(=O)OCc2cc(-n3c4ccccc4c4ccccc43)nc(-n3c4ccccc4c4ccccc43)c2)C1. The summed E-state index contributed by atoms with van der Waals surface area (Å²) in [5.41, 5.74) is 5.17. The number of rotatable bonds is 7. The fourth-order valence-electron chi connectivity index (χ4n) is 7.30. The van der Waals surface area contributed by atoms with E-state index in [2.05, 4.69) is 131 Å². The van der Waals surface area contributed by atoms with Crippen LogP contribution in [-0.2, 0) is 16.1 Å². The summed E-state index contributed by atoms with van der Waals surface area (Å²) in [5, 5.41) is 4.66. The lowest BCUT2D eigenvalue weighted by molar-refractivity contribution is -0.150. The molecule has 0 saturated heterocycles. The van der Waals surface area contributed by atoms with Crippen LogP contribution in [-0.4, -0.2) is 20.1 Å². The van der Waals surface area contributed by atoms with E-state index in [1.54, 1.807) is 0 Å². The minimum absolute atomic E-state index is 0.0965. The molecule has 5 heteroatoms. The topological polar surface area (TPSA) is 49.1 Å². The second-order valence-corrected chi connectivity index (χ2v) is 12.0. The fraction of sp³-hybridized carbons (Fsp3) is 0.150. The van der Waals surface area contributed by atoms with E-state index >= 15 is 0 Å². The van der Waals surface area contributed by atoms with Gasteiger partial charge < -0.3 is 4.74 Å². The van der Waals surface area contributed by atoms with Gasteiger partial charge in [-0.1, -0.05) is 84.9 Å². The molecular formula is C40H33N3O2. The Hall–Kier alpha value is -5.42. The minimum atomic E-state index is -0.207. The molecule has 4 aromatic carbocycles. The summed E-state index contributed by atoms with van der Waals surface area (Å²) >= 11 is 0. The predicted molar refractivity (Wildman–Crippen MR) is 183 cm³/mol. The molecule has 0 N–H and O–H groups in total. The first-order valence-corrected chi connectivity index (χ1v) is 15.5. The van der Waals surface area contributed by atoms with Crippen molar-refractivity contribution >= 4 is 49.6 Å². The largest absolute Gasteiger partial charge is 0.461 e. The fourth-order valence-corrected chi connectivity index (χ4v) is 7.30. The van der Waals surface area contributed by atoms with E-state index < -0.39 is 0 Å². The zero-order valence-electron chi connectivity index (χ0n) is 25.0. The van der Waals surface area contributed by atoms with Gasteiger partial charge in [-0.05, 0) is 66.6 Å². The van der Waals surface area contributed by atoms with Crippen molar-refractivity contribution in [2.75, 3.05) is 0 Å². The van der Waals surface area contributed by atoms with Gasteiger partial charge in [0.25, 0.3) is 0 Å². The van der Waals surface area contributed by atoms with Gasteiger partial charge in [0.05, 0.1) is 28.0 Å². The lowest BCUT2D eigenvalue weighted by Crippen LogP contribution is -2.20. The van der Waals surface area contributed by atoms with Crippen molar-refractivity contribution in [1.82, 2.24) is 14.1 Å². The standard InChI is InChI=1S/C40H33N3O2/c1-3-26-21-28(4-2)33(22-26)40(44)45-25-27-23-38(42-34-17-9-5-13-29(34)30-14-6-10-18-35(30)42)41-39(24-27)43-36-19-11-7-15-31(36)32-16-8-12-20-37(32)43/h3-20,23-24,26,28,33H,1-2,21-22,25H2. The van der Waals surface area contributed by atoms with Gasteiger partial charge in [-0.15, -0.1) is 13.2 Å². The Labute approximate surface area is 261 Å². The third kappa shape index (κ3) is 4.46. The molecule has 45 heavy (non-hydrogen) atoms. The number of allylic oxidation sites excluding steroid dienone is 2. The maximum atomic E-state index is 13.4. The van der Waals surface area contributed by atoms with Crippen molar-refractivity contribution in [2.45, 2.75) is 19.4 Å². The lowest BCUT2D eigenvalue weighted by atomic mass is 9.96. The molecule has 0 spiro atoms. The van der Waals surface area contributed by atoms with Crippen LogP contribution in [0.4, 0.5) is 0 Å². The highest BCUT2D eigenvalue weighted by molar-refractivity contribution is 6.10. The number of nitrogens with zero attached hydrogens (tertiary/aromatic N) is 3. The maximum absolute atomic E-state index is 13.4. The number of fused-ring (bicyclic) bond motifs is 6. The zero-order chi connectivity index (χ0) is 30.5. The highest BCUT2D eigenvalue weighted by Gasteiger charge is 2.37. The Morgan fingerprint density at radius 1 is 0.689 bits per heavy atom. The van der Waals surface area contributed by atoms with Crippen LogP contribution < -0.4 is 0 Å². The maximum Gasteiger partial charge on any atom is 0.309 e. The Kier molecular flexibility index (Phi) is 6.60. The zero-order valence-corrected chi connectivity index (χ0v) is 25.0. The smallest absolute Gasteiger partial charge is 0.309 e. The third-order valence-electron chi connectivity index (χ3n) is 9.44. The molecule has 0 aliphatic heterocycles. The number of aromatic nitrogens is 3. The van der Waals surface area contributed by atoms with Crippen LogP contribution in [0.5, 0.6) is 0 Å². The molecule has 3 unspecified atom stereocenters. The molecule has 0 radical (unpaired) electrons. The van der Waals surface area contributed by atoms with Gasteiger partial charge in [-0.2, -0.15) is 0 Å². The molecule has 3 aromatic heterocycles. The molecule has 1 fully saturated rings. The molecular weight excluding hydrogens is 554 g/mol. The third-order valence-corrected chi connectivity index (χ3v) is 9.44. The molecule has 3 heterocycles. The van der Waals surface area contributed by atoms with Gasteiger partial charge in [-0.3, -0.25) is 13.9 Å². The van der Waals surface area contributed by atoms with Crippen molar-refractivity contribution in [3.63, 3.8) is 0 Å². The highest BCUT2D eigenvalue weighted by atomic mass is 16.5. The predicted octanol–water partition coefficient (Wildman–Crippen LogP) is 9.33. The number of carbonyl (C=O) groups excluding carboxylic acids is 1. The monoisotopic (exact) mass is 587 g/mol. The summed E-state index contributed by atoms with van der Waals surface area (Å²) in [6, 6.07) is 37.8. The number of benzene rings is 4. The summed E-state index contributed by atoms with van der Waals surface area (Å²) in [6.45, 7) is 8.09. The van der Waals surface area contributed by atoms with Gasteiger partial charge in [0.1, 0.15) is 18.2 Å². The number of hydrogen-bond acceptors (Lipinski definition) is 3. The Morgan fingerprint density at radius 3 is 1.56 bits per heavy atom. The van der Waals surface area contributed by atoms with Gasteiger partial charge in [0, 0.05) is 21.5 Å². The summed E-state index contributed by atoms with van der Waals surface area (Å²) in [4.78, 5) is 18.8. The van der Waals surface area contributed by atoms with E-state index in [0.717, 1.165) is 52.1 Å². The number of para-hydroxylation sites is 4. The van der Waals surface area contributed by atoms with Crippen LogP contribution in [0.25, 0.3) is 55.2 Å². The van der Waals surface area contributed by atoms with Gasteiger partial charge in [0.15, 0.2) is 0 Å². The Morgan fingerprint density at radius 2 is 1.13 bits per heavy atom. The van der Waals surface area contributed by atoms with Crippen LogP contribution in [0.2, 0.25) is 0 Å². The van der Waals surface area contributed by atoms with Crippen LogP contribution in [0.3, 0.4) is 0 Å². The van der Waals surface area contributed by atoms with E-state index in [1.807, 2.05) is 12.2 Å². The molecule has 220 valence electrons. The molecule has 3 atom stereocenters. The number of esters is 1. The summed E-state index contributed by atoms with van der Waals surface area (Å²) in [7, 11) is 0. The van der Waals surface area contributed by atoms with Crippen molar-refractivity contribution in [1.29, 1.82) is 0 Å². The Bertz CT molecular complexity index is 2030. The molecule has 0 amide bonds. The second-order valence-electron chi connectivity index (χ2n) is 12.0. The van der Waals surface area contributed by atoms with E-state index in [0.29, 0.717) is 5.92 Å². The number of ether oxygens (including phenoxy) is 1. The number of hydrogen-bond donors (Lipinski definition) is 0. The molecule has 0 bridgehead atoms. The van der Waals surface area contributed by atoms with Gasteiger partial charge >= 0.3 is 5.97 Å². The van der Waals surface area contributed by atoms with Crippen LogP contribution >= 0.6 is 0 Å². The summed E-state index contributed by atoms with van der Waals surface area (Å²) in [6.07, 6.45) is 5.47. The van der Waals surface area contributed by atoms with Gasteiger partial charge in [0.2, 0.25) is 0 Å². The van der Waals surface area contributed by atoms with Crippen molar-refractivity contribution < 1.29 is 9.53 Å².